The Labute approximate surface area is 127 Å². The number of hydrogen-bond donors (Lipinski definition) is 1. The van der Waals surface area contributed by atoms with E-state index in [-0.39, 0.29) is 30.4 Å². The van der Waals surface area contributed by atoms with Gasteiger partial charge in [0.15, 0.2) is 0 Å². The standard InChI is InChI=1S/C16H23NO2.ClH/c1-16(2,3)13-8-6-12(7-9-13)14-5-4-10-17(14)11-15(18)19;/h6-9,14H,4-5,10-11H2,1-3H3,(H,18,19);1H. The number of hydrogen-bond acceptors (Lipinski definition) is 2. The molecule has 0 spiro atoms. The van der Waals surface area contributed by atoms with E-state index < -0.39 is 5.97 Å². The summed E-state index contributed by atoms with van der Waals surface area (Å²) in [5, 5.41) is 8.95. The van der Waals surface area contributed by atoms with Gasteiger partial charge in [0.25, 0.3) is 0 Å². The van der Waals surface area contributed by atoms with Crippen LogP contribution in [0, 0.1) is 0 Å². The maximum Gasteiger partial charge on any atom is 0.317 e. The lowest BCUT2D eigenvalue weighted by Crippen LogP contribution is -2.29. The van der Waals surface area contributed by atoms with Crippen LogP contribution in [0.4, 0.5) is 0 Å². The van der Waals surface area contributed by atoms with E-state index in [0.717, 1.165) is 19.4 Å². The molecule has 2 rings (SSSR count). The van der Waals surface area contributed by atoms with E-state index >= 15 is 0 Å². The summed E-state index contributed by atoms with van der Waals surface area (Å²) in [5.74, 6) is -0.738. The molecule has 1 atom stereocenters. The van der Waals surface area contributed by atoms with Crippen LogP contribution >= 0.6 is 12.4 Å². The van der Waals surface area contributed by atoms with Crippen molar-refractivity contribution in [1.29, 1.82) is 0 Å². The van der Waals surface area contributed by atoms with Crippen molar-refractivity contribution in [1.82, 2.24) is 4.90 Å². The smallest absolute Gasteiger partial charge is 0.317 e. The predicted molar refractivity (Wildman–Crippen MR) is 83.6 cm³/mol. The summed E-state index contributed by atoms with van der Waals surface area (Å²) in [6.45, 7) is 7.64. The van der Waals surface area contributed by atoms with E-state index in [4.69, 9.17) is 5.11 Å². The summed E-state index contributed by atoms with van der Waals surface area (Å²) >= 11 is 0. The van der Waals surface area contributed by atoms with E-state index in [2.05, 4.69) is 49.9 Å². The quantitative estimate of drug-likeness (QED) is 0.926. The maximum absolute atomic E-state index is 10.9. The van der Waals surface area contributed by atoms with Crippen LogP contribution in [0.15, 0.2) is 24.3 Å². The Balaban J connectivity index is 0.00000200. The van der Waals surface area contributed by atoms with Crippen LogP contribution in [-0.4, -0.2) is 29.1 Å². The van der Waals surface area contributed by atoms with Gasteiger partial charge in [-0.2, -0.15) is 0 Å². The first-order valence-electron chi connectivity index (χ1n) is 6.94. The molecule has 112 valence electrons. The topological polar surface area (TPSA) is 40.5 Å². The molecular weight excluding hydrogens is 274 g/mol. The zero-order valence-electron chi connectivity index (χ0n) is 12.4. The molecule has 1 aromatic carbocycles. The fraction of sp³-hybridized carbons (Fsp3) is 0.562. The number of carbonyl (C=O) groups is 1. The third kappa shape index (κ3) is 3.97. The molecule has 1 saturated heterocycles. The Kier molecular flexibility index (Phi) is 5.60. The van der Waals surface area contributed by atoms with E-state index in [0.29, 0.717) is 0 Å². The molecule has 0 saturated carbocycles. The Morgan fingerprint density at radius 3 is 2.40 bits per heavy atom. The van der Waals surface area contributed by atoms with Crippen molar-refractivity contribution in [2.24, 2.45) is 0 Å². The first kappa shape index (κ1) is 17.0. The van der Waals surface area contributed by atoms with E-state index in [9.17, 15) is 4.79 Å². The van der Waals surface area contributed by atoms with Crippen LogP contribution in [0.3, 0.4) is 0 Å². The normalized spacial score (nSPS) is 19.6. The highest BCUT2D eigenvalue weighted by atomic mass is 35.5. The second kappa shape index (κ2) is 6.59. The lowest BCUT2D eigenvalue weighted by atomic mass is 9.86. The molecule has 0 bridgehead atoms. The Morgan fingerprint density at radius 2 is 1.90 bits per heavy atom. The summed E-state index contributed by atoms with van der Waals surface area (Å²) in [6, 6.07) is 8.93. The molecule has 0 aromatic heterocycles. The third-order valence-electron chi connectivity index (χ3n) is 3.86. The van der Waals surface area contributed by atoms with Gasteiger partial charge in [-0.15, -0.1) is 12.4 Å². The molecule has 1 aliphatic rings. The van der Waals surface area contributed by atoms with Gasteiger partial charge < -0.3 is 5.11 Å². The zero-order chi connectivity index (χ0) is 14.0. The fourth-order valence-corrected chi connectivity index (χ4v) is 2.77. The first-order chi connectivity index (χ1) is 8.88. The summed E-state index contributed by atoms with van der Waals surface area (Å²) in [6.07, 6.45) is 2.14. The van der Waals surface area contributed by atoms with Gasteiger partial charge in [0, 0.05) is 6.04 Å². The van der Waals surface area contributed by atoms with Gasteiger partial charge in [0.1, 0.15) is 0 Å². The average molecular weight is 298 g/mol. The summed E-state index contributed by atoms with van der Waals surface area (Å²) in [7, 11) is 0. The number of carboxylic acids is 1. The number of nitrogens with zero attached hydrogens (tertiary/aromatic N) is 1. The maximum atomic E-state index is 10.9. The molecule has 3 nitrogen and oxygen atoms in total. The molecule has 1 aliphatic heterocycles. The van der Waals surface area contributed by atoms with E-state index in [1.165, 1.54) is 11.1 Å². The molecule has 1 fully saturated rings. The molecule has 1 heterocycles. The number of benzene rings is 1. The monoisotopic (exact) mass is 297 g/mol. The molecule has 4 heteroatoms. The van der Waals surface area contributed by atoms with Crippen molar-refractivity contribution in [3.63, 3.8) is 0 Å². The van der Waals surface area contributed by atoms with Crippen molar-refractivity contribution >= 4 is 18.4 Å². The van der Waals surface area contributed by atoms with Gasteiger partial charge in [-0.1, -0.05) is 45.0 Å². The zero-order valence-corrected chi connectivity index (χ0v) is 13.2. The lowest BCUT2D eigenvalue weighted by Gasteiger charge is -2.24. The van der Waals surface area contributed by atoms with E-state index in [1.54, 1.807) is 0 Å². The van der Waals surface area contributed by atoms with Gasteiger partial charge in [-0.3, -0.25) is 9.69 Å². The van der Waals surface area contributed by atoms with Crippen molar-refractivity contribution in [3.8, 4) is 0 Å². The number of halogens is 1. The molecule has 0 radical (unpaired) electrons. The largest absolute Gasteiger partial charge is 0.480 e. The number of likely N-dealkylation sites (tertiary alicyclic amines) is 1. The highest BCUT2D eigenvalue weighted by molar-refractivity contribution is 5.85. The average Bonchev–Trinajstić information content (AvgIpc) is 2.75. The minimum atomic E-state index is -0.738. The summed E-state index contributed by atoms with van der Waals surface area (Å²) in [4.78, 5) is 12.9. The van der Waals surface area contributed by atoms with Crippen molar-refractivity contribution in [3.05, 3.63) is 35.4 Å². The van der Waals surface area contributed by atoms with Gasteiger partial charge >= 0.3 is 5.97 Å². The summed E-state index contributed by atoms with van der Waals surface area (Å²) < 4.78 is 0. The third-order valence-corrected chi connectivity index (χ3v) is 3.86. The van der Waals surface area contributed by atoms with Crippen LogP contribution in [0.25, 0.3) is 0 Å². The second-order valence-corrected chi connectivity index (χ2v) is 6.39. The minimum Gasteiger partial charge on any atom is -0.480 e. The molecule has 1 N–H and O–H groups in total. The van der Waals surface area contributed by atoms with Crippen LogP contribution < -0.4 is 0 Å². The number of aliphatic carboxylic acids is 1. The molecule has 0 aliphatic carbocycles. The Morgan fingerprint density at radius 1 is 1.30 bits per heavy atom. The SMILES string of the molecule is CC(C)(C)c1ccc(C2CCCN2CC(=O)O)cc1.Cl. The van der Waals surface area contributed by atoms with Gasteiger partial charge in [0.05, 0.1) is 6.54 Å². The van der Waals surface area contributed by atoms with Crippen molar-refractivity contribution in [2.45, 2.75) is 45.1 Å². The van der Waals surface area contributed by atoms with Gasteiger partial charge in [-0.25, -0.2) is 0 Å². The fourth-order valence-electron chi connectivity index (χ4n) is 2.77. The lowest BCUT2D eigenvalue weighted by molar-refractivity contribution is -0.138. The summed E-state index contributed by atoms with van der Waals surface area (Å²) in [5.41, 5.74) is 2.72. The van der Waals surface area contributed by atoms with Crippen LogP contribution in [0.2, 0.25) is 0 Å². The predicted octanol–water partition coefficient (Wildman–Crippen LogP) is 3.63. The van der Waals surface area contributed by atoms with Crippen LogP contribution in [-0.2, 0) is 10.2 Å². The van der Waals surface area contributed by atoms with Crippen LogP contribution in [0.1, 0.15) is 50.8 Å². The Bertz CT molecular complexity index is 451. The van der Waals surface area contributed by atoms with Crippen LogP contribution in [0.5, 0.6) is 0 Å². The molecule has 0 amide bonds. The highest BCUT2D eigenvalue weighted by Gasteiger charge is 2.27. The highest BCUT2D eigenvalue weighted by Crippen LogP contribution is 2.32. The first-order valence-corrected chi connectivity index (χ1v) is 6.94. The Hall–Kier alpha value is -1.06. The molecule has 1 aromatic rings. The second-order valence-electron chi connectivity index (χ2n) is 6.39. The minimum absolute atomic E-state index is 0. The molecule has 1 unspecified atom stereocenters. The van der Waals surface area contributed by atoms with Crippen molar-refractivity contribution < 1.29 is 9.90 Å². The van der Waals surface area contributed by atoms with Gasteiger partial charge in [0.2, 0.25) is 0 Å². The number of rotatable bonds is 3. The van der Waals surface area contributed by atoms with Gasteiger partial charge in [-0.05, 0) is 35.9 Å². The van der Waals surface area contributed by atoms with E-state index in [1.807, 2.05) is 0 Å². The van der Waals surface area contributed by atoms with Crippen molar-refractivity contribution in [2.75, 3.05) is 13.1 Å². The number of carboxylic acid groups (broad SMARTS) is 1. The molecular formula is C16H24ClNO2. The molecule has 20 heavy (non-hydrogen) atoms.